The zero-order valence-electron chi connectivity index (χ0n) is 12.3. The number of nitrogens with zero attached hydrogens (tertiary/aromatic N) is 1. The molecule has 0 amide bonds. The first-order valence-corrected chi connectivity index (χ1v) is 8.28. The SMILES string of the molecule is CCC(C)N(C)CCNS(=O)(=O)c1cccc(CO)c1. The Labute approximate surface area is 121 Å². The molecular weight excluding hydrogens is 276 g/mol. The highest BCUT2D eigenvalue weighted by Gasteiger charge is 2.14. The highest BCUT2D eigenvalue weighted by molar-refractivity contribution is 7.89. The zero-order chi connectivity index (χ0) is 15.2. The molecule has 0 saturated carbocycles. The Kier molecular flexibility index (Phi) is 6.61. The van der Waals surface area contributed by atoms with Gasteiger partial charge >= 0.3 is 0 Å². The van der Waals surface area contributed by atoms with Crippen LogP contribution in [-0.4, -0.2) is 44.6 Å². The van der Waals surface area contributed by atoms with Gasteiger partial charge < -0.3 is 10.0 Å². The predicted octanol–water partition coefficient (Wildman–Crippen LogP) is 1.19. The smallest absolute Gasteiger partial charge is 0.240 e. The molecule has 1 aromatic rings. The van der Waals surface area contributed by atoms with Crippen LogP contribution in [0.1, 0.15) is 25.8 Å². The Morgan fingerprint density at radius 2 is 2.10 bits per heavy atom. The molecule has 1 atom stereocenters. The van der Waals surface area contributed by atoms with E-state index in [0.29, 0.717) is 24.7 Å². The van der Waals surface area contributed by atoms with E-state index in [4.69, 9.17) is 5.11 Å². The molecule has 6 heteroatoms. The zero-order valence-corrected chi connectivity index (χ0v) is 13.2. The summed E-state index contributed by atoms with van der Waals surface area (Å²) in [6.45, 7) is 5.07. The molecule has 0 fully saturated rings. The van der Waals surface area contributed by atoms with Gasteiger partial charge in [-0.1, -0.05) is 19.1 Å². The Bertz CT molecular complexity index is 517. The minimum atomic E-state index is -3.51. The van der Waals surface area contributed by atoms with E-state index in [1.807, 2.05) is 7.05 Å². The van der Waals surface area contributed by atoms with Crippen molar-refractivity contribution in [3.8, 4) is 0 Å². The fourth-order valence-corrected chi connectivity index (χ4v) is 2.87. The lowest BCUT2D eigenvalue weighted by atomic mass is 10.2. The van der Waals surface area contributed by atoms with E-state index in [0.717, 1.165) is 6.42 Å². The van der Waals surface area contributed by atoms with Crippen molar-refractivity contribution in [2.45, 2.75) is 37.8 Å². The summed E-state index contributed by atoms with van der Waals surface area (Å²) in [7, 11) is -1.53. The topological polar surface area (TPSA) is 69.6 Å². The Morgan fingerprint density at radius 1 is 1.40 bits per heavy atom. The van der Waals surface area contributed by atoms with Crippen LogP contribution in [0.15, 0.2) is 29.2 Å². The second kappa shape index (κ2) is 7.73. The number of nitrogens with one attached hydrogen (secondary N) is 1. The second-order valence-electron chi connectivity index (χ2n) is 4.94. The lowest BCUT2D eigenvalue weighted by molar-refractivity contribution is 0.256. The molecule has 0 spiro atoms. The fraction of sp³-hybridized carbons (Fsp3) is 0.571. The number of rotatable bonds is 8. The van der Waals surface area contributed by atoms with E-state index in [1.165, 1.54) is 12.1 Å². The number of aliphatic hydroxyl groups is 1. The van der Waals surface area contributed by atoms with Crippen LogP contribution in [0.25, 0.3) is 0 Å². The number of benzene rings is 1. The van der Waals surface area contributed by atoms with Crippen LogP contribution in [0.4, 0.5) is 0 Å². The molecule has 0 radical (unpaired) electrons. The van der Waals surface area contributed by atoms with Gasteiger partial charge in [-0.15, -0.1) is 0 Å². The van der Waals surface area contributed by atoms with Crippen molar-refractivity contribution in [2.24, 2.45) is 0 Å². The highest BCUT2D eigenvalue weighted by Crippen LogP contribution is 2.11. The minimum absolute atomic E-state index is 0.167. The standard InChI is InChI=1S/C14H24N2O3S/c1-4-12(2)16(3)9-8-15-20(18,19)14-7-5-6-13(10-14)11-17/h5-7,10,12,15,17H,4,8-9,11H2,1-3H3. The van der Waals surface area contributed by atoms with E-state index in [-0.39, 0.29) is 11.5 Å². The van der Waals surface area contributed by atoms with E-state index < -0.39 is 10.0 Å². The third-order valence-electron chi connectivity index (χ3n) is 3.49. The van der Waals surface area contributed by atoms with E-state index in [1.54, 1.807) is 12.1 Å². The van der Waals surface area contributed by atoms with Crippen LogP contribution in [0.3, 0.4) is 0 Å². The summed E-state index contributed by atoms with van der Waals surface area (Å²) < 4.78 is 26.8. The molecule has 114 valence electrons. The molecule has 2 N–H and O–H groups in total. The van der Waals surface area contributed by atoms with Crippen LogP contribution in [0, 0.1) is 0 Å². The van der Waals surface area contributed by atoms with Crippen molar-refractivity contribution in [1.29, 1.82) is 0 Å². The van der Waals surface area contributed by atoms with Crippen LogP contribution < -0.4 is 4.72 Å². The molecule has 1 unspecified atom stereocenters. The number of aliphatic hydroxyl groups excluding tert-OH is 1. The first kappa shape index (κ1) is 17.1. The molecule has 1 rings (SSSR count). The second-order valence-corrected chi connectivity index (χ2v) is 6.71. The maximum atomic E-state index is 12.1. The van der Waals surface area contributed by atoms with Crippen molar-refractivity contribution in [3.05, 3.63) is 29.8 Å². The molecule has 0 aromatic heterocycles. The van der Waals surface area contributed by atoms with Gasteiger partial charge in [0.2, 0.25) is 10.0 Å². The normalized spacial score (nSPS) is 13.7. The van der Waals surface area contributed by atoms with Gasteiger partial charge in [0.15, 0.2) is 0 Å². The van der Waals surface area contributed by atoms with Gasteiger partial charge in [0.1, 0.15) is 0 Å². The van der Waals surface area contributed by atoms with Crippen LogP contribution in [0.5, 0.6) is 0 Å². The molecule has 0 saturated heterocycles. The monoisotopic (exact) mass is 300 g/mol. The minimum Gasteiger partial charge on any atom is -0.392 e. The Balaban J connectivity index is 2.61. The third kappa shape index (κ3) is 4.86. The molecule has 0 aliphatic carbocycles. The third-order valence-corrected chi connectivity index (χ3v) is 4.95. The van der Waals surface area contributed by atoms with Crippen molar-refractivity contribution in [3.63, 3.8) is 0 Å². The van der Waals surface area contributed by atoms with E-state index >= 15 is 0 Å². The van der Waals surface area contributed by atoms with Gasteiger partial charge in [-0.25, -0.2) is 13.1 Å². The van der Waals surface area contributed by atoms with Crippen molar-refractivity contribution in [2.75, 3.05) is 20.1 Å². The lowest BCUT2D eigenvalue weighted by Crippen LogP contribution is -2.37. The first-order valence-electron chi connectivity index (χ1n) is 6.80. The molecule has 20 heavy (non-hydrogen) atoms. The van der Waals surface area contributed by atoms with E-state index in [2.05, 4.69) is 23.5 Å². The van der Waals surface area contributed by atoms with Crippen LogP contribution in [-0.2, 0) is 16.6 Å². The lowest BCUT2D eigenvalue weighted by Gasteiger charge is -2.23. The van der Waals surface area contributed by atoms with Gasteiger partial charge in [-0.3, -0.25) is 0 Å². The fourth-order valence-electron chi connectivity index (χ4n) is 1.78. The van der Waals surface area contributed by atoms with Crippen LogP contribution >= 0.6 is 0 Å². The summed E-state index contributed by atoms with van der Waals surface area (Å²) in [5.74, 6) is 0. The molecule has 1 aromatic carbocycles. The maximum Gasteiger partial charge on any atom is 0.240 e. The maximum absolute atomic E-state index is 12.1. The Morgan fingerprint density at radius 3 is 2.70 bits per heavy atom. The molecule has 5 nitrogen and oxygen atoms in total. The van der Waals surface area contributed by atoms with Crippen molar-refractivity contribution >= 4 is 10.0 Å². The quantitative estimate of drug-likeness (QED) is 0.756. The molecule has 0 bridgehead atoms. The van der Waals surface area contributed by atoms with Gasteiger partial charge in [0, 0.05) is 19.1 Å². The Hall–Kier alpha value is -0.950. The number of hydrogen-bond acceptors (Lipinski definition) is 4. The van der Waals surface area contributed by atoms with E-state index in [9.17, 15) is 8.42 Å². The summed E-state index contributed by atoms with van der Waals surface area (Å²) in [5, 5.41) is 9.04. The van der Waals surface area contributed by atoms with Gasteiger partial charge in [-0.05, 0) is 38.1 Å². The number of likely N-dealkylation sites (N-methyl/N-ethyl adjacent to an activating group) is 1. The van der Waals surface area contributed by atoms with Crippen LogP contribution in [0.2, 0.25) is 0 Å². The average Bonchev–Trinajstić information content (AvgIpc) is 2.46. The van der Waals surface area contributed by atoms with Crippen molar-refractivity contribution < 1.29 is 13.5 Å². The first-order chi connectivity index (χ1) is 9.40. The molecule has 0 aliphatic rings. The average molecular weight is 300 g/mol. The van der Waals surface area contributed by atoms with Crippen molar-refractivity contribution in [1.82, 2.24) is 9.62 Å². The number of hydrogen-bond donors (Lipinski definition) is 2. The van der Waals surface area contributed by atoms with Gasteiger partial charge in [0.05, 0.1) is 11.5 Å². The summed E-state index contributed by atoms with van der Waals surface area (Å²) >= 11 is 0. The molecule has 0 aliphatic heterocycles. The summed E-state index contributed by atoms with van der Waals surface area (Å²) in [4.78, 5) is 2.31. The van der Waals surface area contributed by atoms with Gasteiger partial charge in [0.25, 0.3) is 0 Å². The summed E-state index contributed by atoms with van der Waals surface area (Å²) in [6, 6.07) is 6.76. The predicted molar refractivity (Wildman–Crippen MR) is 79.9 cm³/mol. The van der Waals surface area contributed by atoms with Gasteiger partial charge in [-0.2, -0.15) is 0 Å². The summed E-state index contributed by atoms with van der Waals surface area (Å²) in [5.41, 5.74) is 0.588. The molecule has 0 heterocycles. The number of sulfonamides is 1. The molecular formula is C14H24N2O3S. The summed E-state index contributed by atoms with van der Waals surface area (Å²) in [6.07, 6.45) is 1.03. The largest absolute Gasteiger partial charge is 0.392 e. The highest BCUT2D eigenvalue weighted by atomic mass is 32.2.